The fraction of sp³-hybridized carbons (Fsp3) is 0.629. The van der Waals surface area contributed by atoms with E-state index in [4.69, 9.17) is 0 Å². The predicted octanol–water partition coefficient (Wildman–Crippen LogP) is 5.69. The van der Waals surface area contributed by atoms with Gasteiger partial charge < -0.3 is 19.8 Å². The van der Waals surface area contributed by atoms with Crippen LogP contribution in [0.25, 0.3) is 0 Å². The van der Waals surface area contributed by atoms with Crippen LogP contribution in [0.1, 0.15) is 73.1 Å². The van der Waals surface area contributed by atoms with Gasteiger partial charge >= 0.3 is 0 Å². The number of aliphatic hydroxyl groups excluding tert-OH is 1. The lowest BCUT2D eigenvalue weighted by Gasteiger charge is -2.46. The molecule has 7 nitrogen and oxygen atoms in total. The summed E-state index contributed by atoms with van der Waals surface area (Å²) in [6.07, 6.45) is 7.95. The number of hydrogen-bond donors (Lipinski definition) is 1. The van der Waals surface area contributed by atoms with E-state index in [0.717, 1.165) is 31.4 Å². The van der Waals surface area contributed by atoms with Crippen molar-refractivity contribution in [1.82, 2.24) is 9.80 Å². The molecule has 1 N–H and O–H groups in total. The standard InChI is InChI=1S/C35H51N3O4S/c1-8-20-36(25-16-12-10-13-17-25)30(40)27-26-18-19-35(43-26)28(27)31(41)37(22-14-11-15-23-39)29(35)32(42)38(21-9-2)34(6,7)24-33(3,4)5/h8-10,12-13,16-17,26-29,39H,1-2,11,14-15,18-24H2,3-7H3/t26-,27+,28+,29?,35?/m1/s1. The molecular weight excluding hydrogens is 558 g/mol. The van der Waals surface area contributed by atoms with Gasteiger partial charge in [0.25, 0.3) is 0 Å². The van der Waals surface area contributed by atoms with Crippen molar-refractivity contribution in [1.29, 1.82) is 0 Å². The van der Waals surface area contributed by atoms with E-state index in [1.165, 1.54) is 0 Å². The molecule has 5 atom stereocenters. The number of likely N-dealkylation sites (tertiary alicyclic amines) is 1. The Kier molecular flexibility index (Phi) is 10.2. The fourth-order valence-corrected chi connectivity index (χ4v) is 10.3. The first kappa shape index (κ1) is 33.3. The third-order valence-electron chi connectivity index (χ3n) is 9.29. The second-order valence-corrected chi connectivity index (χ2v) is 15.8. The molecule has 1 aromatic rings. The van der Waals surface area contributed by atoms with Crippen LogP contribution >= 0.6 is 11.8 Å². The van der Waals surface area contributed by atoms with Crippen molar-refractivity contribution in [3.05, 3.63) is 55.6 Å². The topological polar surface area (TPSA) is 81.2 Å². The number of unbranched alkanes of at least 4 members (excludes halogenated alkanes) is 2. The van der Waals surface area contributed by atoms with Gasteiger partial charge in [-0.25, -0.2) is 0 Å². The van der Waals surface area contributed by atoms with E-state index >= 15 is 0 Å². The molecule has 3 aliphatic rings. The third-order valence-corrected chi connectivity index (χ3v) is 11.2. The highest BCUT2D eigenvalue weighted by molar-refractivity contribution is 8.02. The Bertz CT molecular complexity index is 1200. The number of para-hydroxylation sites is 1. The van der Waals surface area contributed by atoms with Crippen molar-refractivity contribution < 1.29 is 19.5 Å². The van der Waals surface area contributed by atoms with Gasteiger partial charge in [0.2, 0.25) is 17.7 Å². The molecule has 3 amide bonds. The van der Waals surface area contributed by atoms with Gasteiger partial charge in [0, 0.05) is 42.7 Å². The number of thioether (sulfide) groups is 1. The Morgan fingerprint density at radius 2 is 1.72 bits per heavy atom. The third kappa shape index (κ3) is 6.46. The number of fused-ring (bicyclic) bond motifs is 1. The molecule has 3 heterocycles. The Morgan fingerprint density at radius 1 is 1.05 bits per heavy atom. The lowest BCUT2D eigenvalue weighted by Crippen LogP contribution is -2.60. The van der Waals surface area contributed by atoms with Gasteiger partial charge in [-0.2, -0.15) is 0 Å². The van der Waals surface area contributed by atoms with Gasteiger partial charge in [-0.1, -0.05) is 51.1 Å². The molecule has 3 aliphatic heterocycles. The highest BCUT2D eigenvalue weighted by Crippen LogP contribution is 2.67. The first-order valence-electron chi connectivity index (χ1n) is 15.8. The normalized spacial score (nSPS) is 26.4. The van der Waals surface area contributed by atoms with Crippen LogP contribution < -0.4 is 4.90 Å². The fourth-order valence-electron chi connectivity index (χ4n) is 8.07. The Morgan fingerprint density at radius 3 is 2.33 bits per heavy atom. The van der Waals surface area contributed by atoms with E-state index < -0.39 is 28.2 Å². The first-order valence-corrected chi connectivity index (χ1v) is 16.7. The molecule has 2 bridgehead atoms. The molecule has 43 heavy (non-hydrogen) atoms. The number of rotatable bonds is 14. The van der Waals surface area contributed by atoms with Gasteiger partial charge in [0.15, 0.2) is 0 Å². The number of amides is 3. The molecule has 8 heteroatoms. The average molecular weight is 610 g/mol. The van der Waals surface area contributed by atoms with Crippen molar-refractivity contribution in [2.45, 2.75) is 94.7 Å². The van der Waals surface area contributed by atoms with Crippen molar-refractivity contribution in [3.63, 3.8) is 0 Å². The smallest absolute Gasteiger partial charge is 0.247 e. The molecule has 1 spiro atoms. The molecule has 3 fully saturated rings. The summed E-state index contributed by atoms with van der Waals surface area (Å²) in [4.78, 5) is 49.3. The lowest BCUT2D eigenvalue weighted by atomic mass is 9.70. The molecule has 1 aromatic carbocycles. The van der Waals surface area contributed by atoms with Crippen LogP contribution in [0, 0.1) is 17.3 Å². The number of anilines is 1. The van der Waals surface area contributed by atoms with Crippen molar-refractivity contribution in [2.24, 2.45) is 17.3 Å². The first-order chi connectivity index (χ1) is 20.3. The van der Waals surface area contributed by atoms with Gasteiger partial charge in [-0.3, -0.25) is 14.4 Å². The number of hydrogen-bond acceptors (Lipinski definition) is 5. The van der Waals surface area contributed by atoms with Crippen LogP contribution in [0.3, 0.4) is 0 Å². The summed E-state index contributed by atoms with van der Waals surface area (Å²) in [5.41, 5.74) is 0.312. The second kappa shape index (κ2) is 13.2. The van der Waals surface area contributed by atoms with Crippen molar-refractivity contribution in [3.8, 4) is 0 Å². The van der Waals surface area contributed by atoms with E-state index in [-0.39, 0.29) is 35.0 Å². The molecule has 3 saturated heterocycles. The van der Waals surface area contributed by atoms with E-state index in [1.807, 2.05) is 40.1 Å². The summed E-state index contributed by atoms with van der Waals surface area (Å²) >= 11 is 1.71. The lowest BCUT2D eigenvalue weighted by molar-refractivity contribution is -0.146. The van der Waals surface area contributed by atoms with Gasteiger partial charge in [-0.15, -0.1) is 24.9 Å². The van der Waals surface area contributed by atoms with E-state index in [9.17, 15) is 19.5 Å². The van der Waals surface area contributed by atoms with Crippen molar-refractivity contribution >= 4 is 35.2 Å². The van der Waals surface area contributed by atoms with E-state index in [2.05, 4.69) is 47.8 Å². The molecule has 0 saturated carbocycles. The highest BCUT2D eigenvalue weighted by atomic mass is 32.2. The average Bonchev–Trinajstić information content (AvgIpc) is 3.58. The largest absolute Gasteiger partial charge is 0.396 e. The monoisotopic (exact) mass is 609 g/mol. The summed E-state index contributed by atoms with van der Waals surface area (Å²) in [6, 6.07) is 8.93. The Hall–Kier alpha value is -2.58. The molecule has 0 radical (unpaired) electrons. The summed E-state index contributed by atoms with van der Waals surface area (Å²) in [7, 11) is 0. The molecule has 0 aromatic heterocycles. The van der Waals surface area contributed by atoms with Crippen LogP contribution in [0.2, 0.25) is 0 Å². The minimum absolute atomic E-state index is 0.0103. The molecule has 2 unspecified atom stereocenters. The molecule has 4 rings (SSSR count). The van der Waals surface area contributed by atoms with Gasteiger partial charge in [0.1, 0.15) is 6.04 Å². The van der Waals surface area contributed by atoms with Crippen molar-refractivity contribution in [2.75, 3.05) is 31.1 Å². The second-order valence-electron chi connectivity index (χ2n) is 14.2. The zero-order valence-electron chi connectivity index (χ0n) is 26.8. The molecule has 236 valence electrons. The maximum Gasteiger partial charge on any atom is 0.247 e. The van der Waals surface area contributed by atoms with Crippen LogP contribution in [0.4, 0.5) is 5.69 Å². The van der Waals surface area contributed by atoms with Gasteiger partial charge in [0.05, 0.1) is 16.6 Å². The maximum absolute atomic E-state index is 14.9. The van der Waals surface area contributed by atoms with E-state index in [1.54, 1.807) is 28.8 Å². The van der Waals surface area contributed by atoms with E-state index in [0.29, 0.717) is 32.5 Å². The minimum Gasteiger partial charge on any atom is -0.396 e. The van der Waals surface area contributed by atoms with Gasteiger partial charge in [-0.05, 0) is 69.9 Å². The van der Waals surface area contributed by atoms with Crippen LogP contribution in [-0.4, -0.2) is 80.4 Å². The number of benzene rings is 1. The summed E-state index contributed by atoms with van der Waals surface area (Å²) in [5.74, 6) is -1.23. The zero-order valence-corrected chi connectivity index (χ0v) is 27.6. The highest BCUT2D eigenvalue weighted by Gasteiger charge is 2.74. The Labute approximate surface area is 262 Å². The summed E-state index contributed by atoms with van der Waals surface area (Å²) in [5, 5.41) is 9.35. The number of nitrogens with zero attached hydrogens (tertiary/aromatic N) is 3. The minimum atomic E-state index is -0.649. The zero-order chi connectivity index (χ0) is 31.6. The SMILES string of the molecule is C=CCN(C(=O)[C@@H]1[C@H]2C(=O)N(CCCCCO)C(C(=O)N(CC=C)C(C)(C)CC(C)(C)C)C23CC[C@H]1S3)c1ccccc1. The van der Waals surface area contributed by atoms with Crippen LogP contribution in [0.15, 0.2) is 55.6 Å². The number of carbonyl (C=O) groups is 3. The summed E-state index contributed by atoms with van der Waals surface area (Å²) < 4.78 is -0.649. The Balaban J connectivity index is 1.75. The summed E-state index contributed by atoms with van der Waals surface area (Å²) in [6.45, 7) is 19.9. The van der Waals surface area contributed by atoms with Crippen LogP contribution in [-0.2, 0) is 14.4 Å². The predicted molar refractivity (Wildman–Crippen MR) is 176 cm³/mol. The van der Waals surface area contributed by atoms with Crippen LogP contribution in [0.5, 0.6) is 0 Å². The maximum atomic E-state index is 14.9. The number of carbonyl (C=O) groups excluding carboxylic acids is 3. The number of aliphatic hydroxyl groups is 1. The molecule has 0 aliphatic carbocycles. The molecular formula is C35H51N3O4S. The quantitative estimate of drug-likeness (QED) is 0.217.